The highest BCUT2D eigenvalue weighted by molar-refractivity contribution is 5.79. The molecular formula is C20H27N5O5. The fourth-order valence-corrected chi connectivity index (χ4v) is 3.34. The topological polar surface area (TPSA) is 119 Å². The minimum absolute atomic E-state index is 0.0590. The maximum absolute atomic E-state index is 12.5. The maximum Gasteiger partial charge on any atom is 0.317 e. The van der Waals surface area contributed by atoms with E-state index in [0.29, 0.717) is 55.7 Å². The lowest BCUT2D eigenvalue weighted by Crippen LogP contribution is -2.46. The van der Waals surface area contributed by atoms with E-state index in [4.69, 9.17) is 14.0 Å². The largest absolute Gasteiger partial charge is 0.493 e. The third-order valence-electron chi connectivity index (χ3n) is 5.03. The molecular weight excluding hydrogens is 390 g/mol. The second kappa shape index (κ2) is 9.95. The Hall–Kier alpha value is -3.30. The molecule has 1 aromatic carbocycles. The van der Waals surface area contributed by atoms with Gasteiger partial charge in [-0.1, -0.05) is 11.2 Å². The van der Waals surface area contributed by atoms with Crippen LogP contribution in [0.2, 0.25) is 0 Å². The molecule has 162 valence electrons. The number of amides is 3. The average molecular weight is 417 g/mol. The number of aromatic nitrogens is 2. The van der Waals surface area contributed by atoms with Gasteiger partial charge >= 0.3 is 6.03 Å². The first-order chi connectivity index (χ1) is 14.5. The van der Waals surface area contributed by atoms with Crippen LogP contribution in [0.3, 0.4) is 0 Å². The molecule has 1 saturated heterocycles. The van der Waals surface area contributed by atoms with E-state index < -0.39 is 0 Å². The number of nitrogens with one attached hydrogen (secondary N) is 2. The first kappa shape index (κ1) is 21.4. The summed E-state index contributed by atoms with van der Waals surface area (Å²) >= 11 is 0. The van der Waals surface area contributed by atoms with Crippen molar-refractivity contribution in [3.05, 3.63) is 35.5 Å². The van der Waals surface area contributed by atoms with Gasteiger partial charge in [-0.2, -0.15) is 4.98 Å². The van der Waals surface area contributed by atoms with Gasteiger partial charge in [-0.15, -0.1) is 0 Å². The van der Waals surface area contributed by atoms with Crippen molar-refractivity contribution in [3.63, 3.8) is 0 Å². The number of carbonyl (C=O) groups is 2. The summed E-state index contributed by atoms with van der Waals surface area (Å²) < 4.78 is 15.5. The van der Waals surface area contributed by atoms with E-state index >= 15 is 0 Å². The predicted molar refractivity (Wildman–Crippen MR) is 107 cm³/mol. The van der Waals surface area contributed by atoms with Gasteiger partial charge in [-0.25, -0.2) is 4.79 Å². The molecule has 0 spiro atoms. The van der Waals surface area contributed by atoms with Crippen molar-refractivity contribution in [1.82, 2.24) is 25.7 Å². The number of urea groups is 1. The van der Waals surface area contributed by atoms with Gasteiger partial charge in [0.1, 0.15) is 0 Å². The summed E-state index contributed by atoms with van der Waals surface area (Å²) in [5.74, 6) is 1.98. The quantitative estimate of drug-likeness (QED) is 0.703. The number of hydrogen-bond acceptors (Lipinski definition) is 7. The normalized spacial score (nSPS) is 14.3. The van der Waals surface area contributed by atoms with Crippen molar-refractivity contribution in [2.45, 2.75) is 32.9 Å². The maximum atomic E-state index is 12.5. The minimum atomic E-state index is -0.148. The van der Waals surface area contributed by atoms with Crippen LogP contribution in [-0.4, -0.2) is 54.3 Å². The summed E-state index contributed by atoms with van der Waals surface area (Å²) in [6, 6.07) is 5.37. The van der Waals surface area contributed by atoms with Gasteiger partial charge in [-0.3, -0.25) is 4.79 Å². The molecule has 0 aliphatic carbocycles. The smallest absolute Gasteiger partial charge is 0.317 e. The Morgan fingerprint density at radius 1 is 1.13 bits per heavy atom. The molecule has 1 fully saturated rings. The van der Waals surface area contributed by atoms with Crippen LogP contribution in [0.1, 0.15) is 30.1 Å². The zero-order chi connectivity index (χ0) is 21.5. The first-order valence-corrected chi connectivity index (χ1v) is 9.80. The van der Waals surface area contributed by atoms with Crippen LogP contribution in [0.25, 0.3) is 0 Å². The Labute approximate surface area is 174 Å². The van der Waals surface area contributed by atoms with Gasteiger partial charge in [0.25, 0.3) is 0 Å². The molecule has 30 heavy (non-hydrogen) atoms. The number of likely N-dealkylation sites (tertiary alicyclic amines) is 1. The van der Waals surface area contributed by atoms with E-state index in [1.807, 2.05) is 12.1 Å². The number of rotatable bonds is 7. The summed E-state index contributed by atoms with van der Waals surface area (Å²) in [4.78, 5) is 30.6. The Bertz CT molecular complexity index is 876. The number of nitrogens with zero attached hydrogens (tertiary/aromatic N) is 3. The van der Waals surface area contributed by atoms with Gasteiger partial charge in [-0.05, 0) is 37.5 Å². The second-order valence-electron chi connectivity index (χ2n) is 7.06. The van der Waals surface area contributed by atoms with Crippen molar-refractivity contribution in [3.8, 4) is 11.5 Å². The van der Waals surface area contributed by atoms with Crippen molar-refractivity contribution < 1.29 is 23.6 Å². The molecule has 0 unspecified atom stereocenters. The van der Waals surface area contributed by atoms with Crippen molar-refractivity contribution in [2.24, 2.45) is 5.92 Å². The molecule has 0 saturated carbocycles. The number of aryl methyl sites for hydroxylation is 1. The Kier molecular flexibility index (Phi) is 7.10. The number of ether oxygens (including phenoxy) is 2. The van der Waals surface area contributed by atoms with Crippen LogP contribution in [0.15, 0.2) is 22.7 Å². The van der Waals surface area contributed by atoms with Crippen LogP contribution in [0, 0.1) is 12.8 Å². The Morgan fingerprint density at radius 3 is 2.50 bits per heavy atom. The first-order valence-electron chi connectivity index (χ1n) is 9.80. The van der Waals surface area contributed by atoms with Crippen LogP contribution in [-0.2, 0) is 17.9 Å². The van der Waals surface area contributed by atoms with Crippen molar-refractivity contribution in [2.75, 3.05) is 27.3 Å². The van der Waals surface area contributed by atoms with Crippen LogP contribution in [0.5, 0.6) is 11.5 Å². The van der Waals surface area contributed by atoms with Gasteiger partial charge in [0.05, 0.1) is 20.8 Å². The molecule has 3 rings (SSSR count). The number of methoxy groups -OCH3 is 2. The summed E-state index contributed by atoms with van der Waals surface area (Å²) in [5, 5.41) is 9.42. The predicted octanol–water partition coefficient (Wildman–Crippen LogP) is 1.63. The van der Waals surface area contributed by atoms with E-state index in [1.54, 1.807) is 32.1 Å². The van der Waals surface area contributed by atoms with E-state index in [0.717, 1.165) is 5.56 Å². The van der Waals surface area contributed by atoms with E-state index in [1.165, 1.54) is 0 Å². The fourth-order valence-electron chi connectivity index (χ4n) is 3.34. The lowest BCUT2D eigenvalue weighted by molar-refractivity contribution is -0.126. The molecule has 0 atom stereocenters. The summed E-state index contributed by atoms with van der Waals surface area (Å²) in [5.41, 5.74) is 0.909. The number of carbonyl (C=O) groups excluding carboxylic acids is 2. The Morgan fingerprint density at radius 2 is 1.87 bits per heavy atom. The highest BCUT2D eigenvalue weighted by Gasteiger charge is 2.27. The van der Waals surface area contributed by atoms with Crippen molar-refractivity contribution in [1.29, 1.82) is 0 Å². The van der Waals surface area contributed by atoms with Crippen molar-refractivity contribution >= 4 is 11.9 Å². The van der Waals surface area contributed by atoms with E-state index in [-0.39, 0.29) is 24.4 Å². The molecule has 1 aliphatic heterocycles. The number of piperidine rings is 1. The van der Waals surface area contributed by atoms with Crippen LogP contribution >= 0.6 is 0 Å². The number of hydrogen-bond donors (Lipinski definition) is 2. The molecule has 10 heteroatoms. The highest BCUT2D eigenvalue weighted by Crippen LogP contribution is 2.27. The van der Waals surface area contributed by atoms with Gasteiger partial charge in [0.15, 0.2) is 17.3 Å². The zero-order valence-corrected chi connectivity index (χ0v) is 17.4. The van der Waals surface area contributed by atoms with Crippen LogP contribution < -0.4 is 20.1 Å². The summed E-state index contributed by atoms with van der Waals surface area (Å²) in [6.07, 6.45) is 1.22. The summed E-state index contributed by atoms with van der Waals surface area (Å²) in [7, 11) is 3.15. The van der Waals surface area contributed by atoms with Gasteiger partial charge in [0.2, 0.25) is 11.8 Å². The Balaban J connectivity index is 1.42. The van der Waals surface area contributed by atoms with E-state index in [2.05, 4.69) is 20.8 Å². The third-order valence-corrected chi connectivity index (χ3v) is 5.03. The lowest BCUT2D eigenvalue weighted by Gasteiger charge is -2.31. The minimum Gasteiger partial charge on any atom is -0.493 e. The molecule has 10 nitrogen and oxygen atoms in total. The zero-order valence-electron chi connectivity index (χ0n) is 17.4. The average Bonchev–Trinajstić information content (AvgIpc) is 3.20. The SMILES string of the molecule is COc1ccc(CNC(=O)N2CCC(C(=O)NCc3nc(C)no3)CC2)cc1OC. The molecule has 2 aromatic rings. The highest BCUT2D eigenvalue weighted by atomic mass is 16.5. The summed E-state index contributed by atoms with van der Waals surface area (Å²) in [6.45, 7) is 3.36. The fraction of sp³-hybridized carbons (Fsp3) is 0.500. The number of benzene rings is 1. The molecule has 0 radical (unpaired) electrons. The molecule has 1 aromatic heterocycles. The standard InChI is InChI=1S/C20H27N5O5/c1-13-23-18(30-24-13)12-21-19(26)15-6-8-25(9-7-15)20(27)22-11-14-4-5-16(28-2)17(10-14)29-3/h4-5,10,15H,6-9,11-12H2,1-3H3,(H,21,26)(H,22,27). The molecule has 2 N–H and O–H groups in total. The van der Waals surface area contributed by atoms with E-state index in [9.17, 15) is 9.59 Å². The van der Waals surface area contributed by atoms with Gasteiger partial charge < -0.3 is 29.5 Å². The third kappa shape index (κ3) is 5.40. The molecule has 3 amide bonds. The lowest BCUT2D eigenvalue weighted by atomic mass is 9.96. The molecule has 2 heterocycles. The van der Waals surface area contributed by atoms with Gasteiger partial charge in [0, 0.05) is 25.6 Å². The molecule has 1 aliphatic rings. The molecule has 0 bridgehead atoms. The monoisotopic (exact) mass is 417 g/mol. The van der Waals surface area contributed by atoms with Crippen LogP contribution in [0.4, 0.5) is 4.79 Å². The second-order valence-corrected chi connectivity index (χ2v) is 7.06.